The van der Waals surface area contributed by atoms with E-state index in [0.29, 0.717) is 11.6 Å². The molecule has 90 valence electrons. The van der Waals surface area contributed by atoms with Crippen molar-refractivity contribution in [3.63, 3.8) is 0 Å². The number of benzene rings is 1. The maximum atomic E-state index is 12.0. The number of rotatable bonds is 6. The fourth-order valence-electron chi connectivity index (χ4n) is 1.32. The van der Waals surface area contributed by atoms with Crippen LogP contribution in [0.5, 0.6) is 0 Å². The summed E-state index contributed by atoms with van der Waals surface area (Å²) >= 11 is 5.74. The zero-order valence-corrected chi connectivity index (χ0v) is 9.68. The lowest BCUT2D eigenvalue weighted by Crippen LogP contribution is -2.21. The molecule has 0 bridgehead atoms. The zero-order chi connectivity index (χ0) is 12.0. The van der Waals surface area contributed by atoms with E-state index >= 15 is 0 Å². The SMILES string of the molecule is CNCC(OCC(F)F)c1ccc(Cl)cc1. The van der Waals surface area contributed by atoms with Crippen molar-refractivity contribution in [3.8, 4) is 0 Å². The maximum Gasteiger partial charge on any atom is 0.261 e. The normalized spacial score (nSPS) is 13.1. The lowest BCUT2D eigenvalue weighted by Gasteiger charge is -2.17. The monoisotopic (exact) mass is 249 g/mol. The van der Waals surface area contributed by atoms with Gasteiger partial charge in [-0.2, -0.15) is 0 Å². The van der Waals surface area contributed by atoms with Gasteiger partial charge in [0.2, 0.25) is 0 Å². The first-order valence-corrected chi connectivity index (χ1v) is 5.31. The fourth-order valence-corrected chi connectivity index (χ4v) is 1.45. The van der Waals surface area contributed by atoms with Crippen LogP contribution in [0.4, 0.5) is 8.78 Å². The molecule has 16 heavy (non-hydrogen) atoms. The molecule has 0 aliphatic rings. The van der Waals surface area contributed by atoms with Crippen LogP contribution in [0.3, 0.4) is 0 Å². The summed E-state index contributed by atoms with van der Waals surface area (Å²) < 4.78 is 29.2. The summed E-state index contributed by atoms with van der Waals surface area (Å²) in [6.45, 7) is -0.0800. The molecule has 0 aromatic heterocycles. The Labute approximate surface area is 98.6 Å². The Hall–Kier alpha value is -0.710. The lowest BCUT2D eigenvalue weighted by molar-refractivity contribution is -0.0240. The van der Waals surface area contributed by atoms with Gasteiger partial charge >= 0.3 is 0 Å². The van der Waals surface area contributed by atoms with Gasteiger partial charge in [0.05, 0.1) is 6.10 Å². The van der Waals surface area contributed by atoms with Crippen LogP contribution >= 0.6 is 11.6 Å². The molecule has 0 aliphatic carbocycles. The number of nitrogens with one attached hydrogen (secondary N) is 1. The summed E-state index contributed by atoms with van der Waals surface area (Å²) in [6.07, 6.45) is -2.83. The molecule has 0 amide bonds. The smallest absolute Gasteiger partial charge is 0.261 e. The molecular formula is C11H14ClF2NO. The first-order chi connectivity index (χ1) is 7.63. The highest BCUT2D eigenvalue weighted by Crippen LogP contribution is 2.19. The quantitative estimate of drug-likeness (QED) is 0.837. The topological polar surface area (TPSA) is 21.3 Å². The van der Waals surface area contributed by atoms with E-state index in [-0.39, 0.29) is 6.10 Å². The Kier molecular flexibility index (Phi) is 5.66. The third-order valence-corrected chi connectivity index (χ3v) is 2.31. The van der Waals surface area contributed by atoms with E-state index in [4.69, 9.17) is 16.3 Å². The lowest BCUT2D eigenvalue weighted by atomic mass is 10.1. The van der Waals surface area contributed by atoms with Crippen LogP contribution < -0.4 is 5.32 Å². The Balaban J connectivity index is 2.64. The summed E-state index contributed by atoms with van der Waals surface area (Å²) in [5.74, 6) is 0. The molecule has 0 spiro atoms. The number of likely N-dealkylation sites (N-methyl/N-ethyl adjacent to an activating group) is 1. The summed E-state index contributed by atoms with van der Waals surface area (Å²) in [5, 5.41) is 3.51. The fraction of sp³-hybridized carbons (Fsp3) is 0.455. The molecule has 1 aromatic carbocycles. The number of alkyl halides is 2. The van der Waals surface area contributed by atoms with Crippen molar-refractivity contribution in [3.05, 3.63) is 34.9 Å². The third kappa shape index (κ3) is 4.43. The molecule has 1 atom stereocenters. The molecular weight excluding hydrogens is 236 g/mol. The van der Waals surface area contributed by atoms with E-state index in [1.165, 1.54) is 0 Å². The van der Waals surface area contributed by atoms with Crippen LogP contribution in [-0.2, 0) is 4.74 Å². The summed E-state index contributed by atoms with van der Waals surface area (Å²) in [6, 6.07) is 6.97. The van der Waals surface area contributed by atoms with Crippen molar-refractivity contribution in [1.82, 2.24) is 5.32 Å². The predicted octanol–water partition coefficient (Wildman–Crippen LogP) is 2.88. The molecule has 1 rings (SSSR count). The molecule has 0 fully saturated rings. The molecule has 0 saturated carbocycles. The van der Waals surface area contributed by atoms with E-state index in [1.54, 1.807) is 31.3 Å². The minimum absolute atomic E-state index is 0.378. The van der Waals surface area contributed by atoms with Gasteiger partial charge in [-0.3, -0.25) is 0 Å². The van der Waals surface area contributed by atoms with E-state index in [2.05, 4.69) is 5.32 Å². The van der Waals surface area contributed by atoms with Gasteiger partial charge in [0.25, 0.3) is 6.43 Å². The van der Waals surface area contributed by atoms with Gasteiger partial charge in [-0.05, 0) is 24.7 Å². The van der Waals surface area contributed by atoms with Crippen LogP contribution in [0.2, 0.25) is 5.02 Å². The van der Waals surface area contributed by atoms with Crippen molar-refractivity contribution in [2.45, 2.75) is 12.5 Å². The predicted molar refractivity (Wildman–Crippen MR) is 60.1 cm³/mol. The largest absolute Gasteiger partial charge is 0.366 e. The molecule has 0 heterocycles. The highest BCUT2D eigenvalue weighted by Gasteiger charge is 2.13. The molecule has 0 radical (unpaired) electrons. The van der Waals surface area contributed by atoms with Crippen molar-refractivity contribution >= 4 is 11.6 Å². The van der Waals surface area contributed by atoms with E-state index in [0.717, 1.165) is 5.56 Å². The summed E-state index contributed by atoms with van der Waals surface area (Å²) in [5.41, 5.74) is 0.833. The van der Waals surface area contributed by atoms with Gasteiger partial charge in [-0.15, -0.1) is 0 Å². The van der Waals surface area contributed by atoms with Crippen molar-refractivity contribution < 1.29 is 13.5 Å². The maximum absolute atomic E-state index is 12.0. The second-order valence-electron chi connectivity index (χ2n) is 3.32. The standard InChI is InChI=1S/C11H14ClF2NO/c1-15-6-10(16-7-11(13)14)8-2-4-9(12)5-3-8/h2-5,10-11,15H,6-7H2,1H3. The third-order valence-electron chi connectivity index (χ3n) is 2.05. The van der Waals surface area contributed by atoms with Crippen LogP contribution in [0, 0.1) is 0 Å². The van der Waals surface area contributed by atoms with Gasteiger partial charge in [0.1, 0.15) is 6.61 Å². The minimum atomic E-state index is -2.45. The van der Waals surface area contributed by atoms with Gasteiger partial charge in [-0.1, -0.05) is 23.7 Å². The highest BCUT2D eigenvalue weighted by atomic mass is 35.5. The Morgan fingerprint density at radius 1 is 1.31 bits per heavy atom. The highest BCUT2D eigenvalue weighted by molar-refractivity contribution is 6.30. The van der Waals surface area contributed by atoms with Crippen molar-refractivity contribution in [2.75, 3.05) is 20.2 Å². The number of halogens is 3. The van der Waals surface area contributed by atoms with Gasteiger partial charge < -0.3 is 10.1 Å². The van der Waals surface area contributed by atoms with Gasteiger partial charge in [0.15, 0.2) is 0 Å². The number of hydrogen-bond acceptors (Lipinski definition) is 2. The average Bonchev–Trinajstić information content (AvgIpc) is 2.25. The molecule has 0 aliphatic heterocycles. The van der Waals surface area contributed by atoms with Gasteiger partial charge in [-0.25, -0.2) is 8.78 Å². The first kappa shape index (κ1) is 13.4. The number of hydrogen-bond donors (Lipinski definition) is 1. The summed E-state index contributed by atoms with van der Waals surface area (Å²) in [7, 11) is 1.74. The molecule has 1 N–H and O–H groups in total. The molecule has 0 saturated heterocycles. The molecule has 2 nitrogen and oxygen atoms in total. The molecule has 1 aromatic rings. The Bertz CT molecular complexity index is 305. The van der Waals surface area contributed by atoms with Gasteiger partial charge in [0, 0.05) is 11.6 Å². The molecule has 5 heteroatoms. The second kappa shape index (κ2) is 6.78. The average molecular weight is 250 g/mol. The van der Waals surface area contributed by atoms with Crippen molar-refractivity contribution in [2.24, 2.45) is 0 Å². The summed E-state index contributed by atoms with van der Waals surface area (Å²) in [4.78, 5) is 0. The van der Waals surface area contributed by atoms with Crippen LogP contribution in [0.25, 0.3) is 0 Å². The zero-order valence-electron chi connectivity index (χ0n) is 8.92. The molecule has 1 unspecified atom stereocenters. The van der Waals surface area contributed by atoms with Crippen LogP contribution in [0.15, 0.2) is 24.3 Å². The van der Waals surface area contributed by atoms with E-state index < -0.39 is 13.0 Å². The number of ether oxygens (including phenoxy) is 1. The minimum Gasteiger partial charge on any atom is -0.366 e. The Morgan fingerprint density at radius 3 is 2.44 bits per heavy atom. The van der Waals surface area contributed by atoms with Crippen molar-refractivity contribution in [1.29, 1.82) is 0 Å². The van der Waals surface area contributed by atoms with Crippen LogP contribution in [-0.4, -0.2) is 26.6 Å². The van der Waals surface area contributed by atoms with E-state index in [1.807, 2.05) is 0 Å². The second-order valence-corrected chi connectivity index (χ2v) is 3.76. The Morgan fingerprint density at radius 2 is 1.94 bits per heavy atom. The first-order valence-electron chi connectivity index (χ1n) is 4.93. The van der Waals surface area contributed by atoms with E-state index in [9.17, 15) is 8.78 Å². The van der Waals surface area contributed by atoms with Crippen LogP contribution in [0.1, 0.15) is 11.7 Å².